The fraction of sp³-hybridized carbons (Fsp3) is 0.500. The van der Waals surface area contributed by atoms with Crippen LogP contribution in [0.3, 0.4) is 0 Å². The first-order chi connectivity index (χ1) is 7.12. The van der Waals surface area contributed by atoms with Crippen LogP contribution in [-0.4, -0.2) is 24.8 Å². The number of aliphatic imine (C=N–C) groups is 1. The van der Waals surface area contributed by atoms with Crippen LogP contribution in [0.1, 0.15) is 13.8 Å². The van der Waals surface area contributed by atoms with Gasteiger partial charge in [0.25, 0.3) is 0 Å². The number of hydrogen-bond donors (Lipinski definition) is 3. The summed E-state index contributed by atoms with van der Waals surface area (Å²) in [7, 11) is 1.83. The summed E-state index contributed by atoms with van der Waals surface area (Å²) in [6.45, 7) is 7.55. The van der Waals surface area contributed by atoms with Crippen molar-refractivity contribution in [2.24, 2.45) is 10.7 Å². The number of rotatable bonds is 6. The van der Waals surface area contributed by atoms with Gasteiger partial charge in [-0.2, -0.15) is 12.6 Å². The van der Waals surface area contributed by atoms with Gasteiger partial charge in [0, 0.05) is 29.5 Å². The summed E-state index contributed by atoms with van der Waals surface area (Å²) >= 11 is 6.24. The Morgan fingerprint density at radius 3 is 2.67 bits per heavy atom. The molecule has 0 bridgehead atoms. The smallest absolute Gasteiger partial charge is 0.0755 e. The number of hydrogen-bond acceptors (Lipinski definition) is 5. The van der Waals surface area contributed by atoms with E-state index in [-0.39, 0.29) is 5.25 Å². The van der Waals surface area contributed by atoms with Crippen LogP contribution in [0.5, 0.6) is 0 Å². The van der Waals surface area contributed by atoms with E-state index in [2.05, 4.69) is 36.6 Å². The Morgan fingerprint density at radius 1 is 1.73 bits per heavy atom. The lowest BCUT2D eigenvalue weighted by Crippen LogP contribution is -2.20. The number of thioether (sulfide) groups is 1. The van der Waals surface area contributed by atoms with Crippen LogP contribution in [0, 0.1) is 0 Å². The molecule has 0 amide bonds. The maximum Gasteiger partial charge on any atom is 0.0755 e. The van der Waals surface area contributed by atoms with E-state index in [4.69, 9.17) is 5.73 Å². The van der Waals surface area contributed by atoms with Crippen molar-refractivity contribution in [3.63, 3.8) is 0 Å². The molecule has 15 heavy (non-hydrogen) atoms. The van der Waals surface area contributed by atoms with Gasteiger partial charge < -0.3 is 11.1 Å². The van der Waals surface area contributed by atoms with Crippen LogP contribution in [0.2, 0.25) is 0 Å². The summed E-state index contributed by atoms with van der Waals surface area (Å²) in [6.07, 6.45) is 1.53. The summed E-state index contributed by atoms with van der Waals surface area (Å²) < 4.78 is 0. The zero-order valence-electron chi connectivity index (χ0n) is 9.45. The highest BCUT2D eigenvalue weighted by Crippen LogP contribution is 2.30. The first-order valence-corrected chi connectivity index (χ1v) is 6.20. The normalized spacial score (nSPS) is 15.6. The molecule has 0 aromatic heterocycles. The second-order valence-electron chi connectivity index (χ2n) is 2.82. The average Bonchev–Trinajstić information content (AvgIpc) is 2.26. The molecule has 0 saturated carbocycles. The van der Waals surface area contributed by atoms with Gasteiger partial charge in [-0.15, -0.1) is 11.8 Å². The van der Waals surface area contributed by atoms with Crippen LogP contribution >= 0.6 is 24.4 Å². The van der Waals surface area contributed by atoms with Gasteiger partial charge in [-0.1, -0.05) is 6.92 Å². The minimum atomic E-state index is -0.0598. The molecular formula is C10H19N3S2. The maximum atomic E-state index is 5.51. The Balaban J connectivity index is 5.01. The number of nitrogens with two attached hydrogens (primary N) is 1. The molecule has 3 N–H and O–H groups in total. The van der Waals surface area contributed by atoms with Gasteiger partial charge in [0.1, 0.15) is 0 Å². The molecular weight excluding hydrogens is 226 g/mol. The van der Waals surface area contributed by atoms with Gasteiger partial charge in [-0.3, -0.25) is 4.99 Å². The van der Waals surface area contributed by atoms with Crippen molar-refractivity contribution in [3.8, 4) is 0 Å². The first-order valence-electron chi connectivity index (χ1n) is 4.70. The first kappa shape index (κ1) is 14.5. The van der Waals surface area contributed by atoms with E-state index < -0.39 is 0 Å². The van der Waals surface area contributed by atoms with E-state index >= 15 is 0 Å². The SMILES string of the molecule is C=N/C(C)=C(\SCC)C(S)/C(=C/N)NC. The highest BCUT2D eigenvalue weighted by Gasteiger charge is 2.16. The van der Waals surface area contributed by atoms with E-state index in [0.717, 1.165) is 22.1 Å². The Bertz CT molecular complexity index is 272. The van der Waals surface area contributed by atoms with Gasteiger partial charge >= 0.3 is 0 Å². The summed E-state index contributed by atoms with van der Waals surface area (Å²) in [4.78, 5) is 5.03. The molecule has 0 aromatic carbocycles. The van der Waals surface area contributed by atoms with Crippen molar-refractivity contribution in [1.29, 1.82) is 0 Å². The lowest BCUT2D eigenvalue weighted by molar-refractivity contribution is 0.931. The molecule has 1 atom stereocenters. The standard InChI is InChI=1S/C10H19N3S2/c1-5-15-10(7(2)12-3)9(14)8(6-11)13-4/h6,9,13-14H,3,5,11H2,1-2,4H3/b8-6-,10-7-. The van der Waals surface area contributed by atoms with Crippen molar-refractivity contribution in [2.75, 3.05) is 12.8 Å². The van der Waals surface area contributed by atoms with Crippen LogP contribution in [0.15, 0.2) is 27.5 Å². The number of nitrogens with one attached hydrogen (secondary N) is 1. The Labute approximate surface area is 102 Å². The second kappa shape index (κ2) is 7.70. The third-order valence-corrected chi connectivity index (χ3v) is 3.75. The summed E-state index contributed by atoms with van der Waals surface area (Å²) in [5.41, 5.74) is 7.28. The lowest BCUT2D eigenvalue weighted by Gasteiger charge is -2.18. The quantitative estimate of drug-likeness (QED) is 0.495. The van der Waals surface area contributed by atoms with Crippen LogP contribution in [0.25, 0.3) is 0 Å². The Hall–Kier alpha value is -0.550. The van der Waals surface area contributed by atoms with E-state index in [1.165, 1.54) is 6.20 Å². The van der Waals surface area contributed by atoms with Crippen molar-refractivity contribution < 1.29 is 0 Å². The molecule has 1 unspecified atom stereocenters. The van der Waals surface area contributed by atoms with Gasteiger partial charge in [0.15, 0.2) is 0 Å². The minimum absolute atomic E-state index is 0.0598. The topological polar surface area (TPSA) is 50.4 Å². The van der Waals surface area contributed by atoms with Crippen molar-refractivity contribution in [2.45, 2.75) is 19.1 Å². The van der Waals surface area contributed by atoms with Crippen LogP contribution in [-0.2, 0) is 0 Å². The number of thiol groups is 1. The minimum Gasteiger partial charge on any atom is -0.403 e. The molecule has 0 rings (SSSR count). The van der Waals surface area contributed by atoms with E-state index in [0.29, 0.717) is 0 Å². The molecule has 0 heterocycles. The largest absolute Gasteiger partial charge is 0.403 e. The Morgan fingerprint density at radius 2 is 2.33 bits per heavy atom. The molecule has 0 saturated heterocycles. The number of nitrogens with zero attached hydrogens (tertiary/aromatic N) is 1. The van der Waals surface area contributed by atoms with Gasteiger partial charge in [-0.05, 0) is 19.4 Å². The van der Waals surface area contributed by atoms with Gasteiger partial charge in [-0.25, -0.2) is 0 Å². The molecule has 5 heteroatoms. The Kier molecular flexibility index (Phi) is 7.42. The van der Waals surface area contributed by atoms with Crippen molar-refractivity contribution in [1.82, 2.24) is 5.32 Å². The molecule has 0 aliphatic rings. The van der Waals surface area contributed by atoms with Crippen molar-refractivity contribution in [3.05, 3.63) is 22.5 Å². The molecule has 86 valence electrons. The highest BCUT2D eigenvalue weighted by atomic mass is 32.2. The van der Waals surface area contributed by atoms with E-state index in [1.54, 1.807) is 11.8 Å². The molecule has 0 fully saturated rings. The highest BCUT2D eigenvalue weighted by molar-refractivity contribution is 8.04. The molecule has 3 nitrogen and oxygen atoms in total. The van der Waals surface area contributed by atoms with Crippen LogP contribution < -0.4 is 11.1 Å². The zero-order chi connectivity index (χ0) is 11.8. The predicted octanol–water partition coefficient (Wildman–Crippen LogP) is 1.99. The molecule has 0 spiro atoms. The second-order valence-corrected chi connectivity index (χ2v) is 4.64. The summed E-state index contributed by atoms with van der Waals surface area (Å²) in [5.74, 6) is 0.973. The van der Waals surface area contributed by atoms with Crippen molar-refractivity contribution >= 4 is 31.1 Å². The maximum absolute atomic E-state index is 5.51. The average molecular weight is 245 g/mol. The van der Waals surface area contributed by atoms with E-state index in [9.17, 15) is 0 Å². The van der Waals surface area contributed by atoms with Crippen LogP contribution in [0.4, 0.5) is 0 Å². The fourth-order valence-corrected chi connectivity index (χ4v) is 2.56. The molecule has 0 aromatic rings. The number of allylic oxidation sites excluding steroid dienone is 1. The lowest BCUT2D eigenvalue weighted by atomic mass is 10.2. The summed E-state index contributed by atoms with van der Waals surface area (Å²) in [5, 5.41) is 2.96. The summed E-state index contributed by atoms with van der Waals surface area (Å²) in [6, 6.07) is 0. The molecule has 0 aliphatic carbocycles. The molecule has 0 radical (unpaired) electrons. The molecule has 0 aliphatic heterocycles. The van der Waals surface area contributed by atoms with E-state index in [1.807, 2.05) is 14.0 Å². The monoisotopic (exact) mass is 245 g/mol. The van der Waals surface area contributed by atoms with Gasteiger partial charge in [0.2, 0.25) is 0 Å². The fourth-order valence-electron chi connectivity index (χ4n) is 1.07. The third-order valence-electron chi connectivity index (χ3n) is 1.90. The van der Waals surface area contributed by atoms with Gasteiger partial charge in [0.05, 0.1) is 5.25 Å². The third kappa shape index (κ3) is 4.22. The zero-order valence-corrected chi connectivity index (χ0v) is 11.2. The predicted molar refractivity (Wildman–Crippen MR) is 74.5 cm³/mol.